The Hall–Kier alpha value is -3.09. The number of anilines is 1. The zero-order valence-electron chi connectivity index (χ0n) is 11.0. The van der Waals surface area contributed by atoms with E-state index in [9.17, 15) is 9.90 Å². The second-order valence-corrected chi connectivity index (χ2v) is 4.43. The third-order valence-corrected chi connectivity index (χ3v) is 2.83. The number of hydrogen-bond acceptors (Lipinski definition) is 4. The summed E-state index contributed by atoms with van der Waals surface area (Å²) in [5.41, 5.74) is 0.812. The minimum Gasteiger partial charge on any atom is -0.508 e. The predicted octanol–water partition coefficient (Wildman–Crippen LogP) is 1.54. The molecule has 0 atom stereocenters. The van der Waals surface area contributed by atoms with Crippen molar-refractivity contribution in [2.45, 2.75) is 6.67 Å². The molecule has 0 fully saturated rings. The van der Waals surface area contributed by atoms with Gasteiger partial charge in [-0.25, -0.2) is 0 Å². The third-order valence-electron chi connectivity index (χ3n) is 2.83. The fraction of sp³-hybridized carbons (Fsp3) is 0.0714. The number of aromatic nitrogens is 4. The quantitative estimate of drug-likeness (QED) is 0.760. The summed E-state index contributed by atoms with van der Waals surface area (Å²) in [6.45, 7) is 0.437. The summed E-state index contributed by atoms with van der Waals surface area (Å²) in [5.74, 6) is -0.239. The SMILES string of the molecule is O=C(Nc1cccc(O)c1)c1ccn(Cn2cccn2)n1. The van der Waals surface area contributed by atoms with Gasteiger partial charge >= 0.3 is 0 Å². The lowest BCUT2D eigenvalue weighted by molar-refractivity contribution is 0.102. The van der Waals surface area contributed by atoms with Crippen molar-refractivity contribution in [1.82, 2.24) is 19.6 Å². The molecular formula is C14H13N5O2. The number of phenols is 1. The van der Waals surface area contributed by atoms with Crippen molar-refractivity contribution in [3.63, 3.8) is 0 Å². The molecule has 106 valence electrons. The van der Waals surface area contributed by atoms with Gasteiger partial charge < -0.3 is 10.4 Å². The van der Waals surface area contributed by atoms with Crippen molar-refractivity contribution in [2.75, 3.05) is 5.32 Å². The summed E-state index contributed by atoms with van der Waals surface area (Å²) >= 11 is 0. The van der Waals surface area contributed by atoms with Gasteiger partial charge in [-0.3, -0.25) is 14.2 Å². The molecule has 0 spiro atoms. The largest absolute Gasteiger partial charge is 0.508 e. The van der Waals surface area contributed by atoms with E-state index in [0.29, 0.717) is 18.1 Å². The third kappa shape index (κ3) is 3.08. The second kappa shape index (κ2) is 5.49. The number of amides is 1. The van der Waals surface area contributed by atoms with Crippen LogP contribution in [0.1, 0.15) is 10.5 Å². The fourth-order valence-electron chi connectivity index (χ4n) is 1.87. The van der Waals surface area contributed by atoms with Gasteiger partial charge in [-0.1, -0.05) is 6.07 Å². The average Bonchev–Trinajstić information content (AvgIpc) is 3.11. The molecule has 0 unspecified atom stereocenters. The Morgan fingerprint density at radius 3 is 2.86 bits per heavy atom. The molecule has 7 heteroatoms. The Balaban J connectivity index is 1.69. The van der Waals surface area contributed by atoms with Gasteiger partial charge in [-0.15, -0.1) is 0 Å². The molecule has 2 heterocycles. The van der Waals surface area contributed by atoms with E-state index in [4.69, 9.17) is 0 Å². The molecule has 3 aromatic rings. The Morgan fingerprint density at radius 1 is 1.19 bits per heavy atom. The molecule has 3 rings (SSSR count). The van der Waals surface area contributed by atoms with Gasteiger partial charge in [0.05, 0.1) is 0 Å². The van der Waals surface area contributed by atoms with E-state index in [1.165, 1.54) is 12.1 Å². The number of hydrogen-bond donors (Lipinski definition) is 2. The van der Waals surface area contributed by atoms with E-state index in [2.05, 4.69) is 15.5 Å². The highest BCUT2D eigenvalue weighted by Crippen LogP contribution is 2.15. The number of phenolic OH excluding ortho intramolecular Hbond substituents is 1. The van der Waals surface area contributed by atoms with Crippen LogP contribution in [0.4, 0.5) is 5.69 Å². The zero-order valence-corrected chi connectivity index (χ0v) is 11.0. The normalized spacial score (nSPS) is 10.5. The first-order valence-corrected chi connectivity index (χ1v) is 6.32. The van der Waals surface area contributed by atoms with E-state index >= 15 is 0 Å². The number of carbonyl (C=O) groups is 1. The summed E-state index contributed by atoms with van der Waals surface area (Å²) in [6, 6.07) is 9.80. The number of carbonyl (C=O) groups excluding carboxylic acids is 1. The first kappa shape index (κ1) is 12.9. The van der Waals surface area contributed by atoms with E-state index in [-0.39, 0.29) is 11.7 Å². The fourth-order valence-corrected chi connectivity index (χ4v) is 1.87. The van der Waals surface area contributed by atoms with E-state index in [1.54, 1.807) is 40.0 Å². The Bertz CT molecular complexity index is 748. The smallest absolute Gasteiger partial charge is 0.276 e. The molecule has 2 N–H and O–H groups in total. The van der Waals surface area contributed by atoms with Crippen LogP contribution < -0.4 is 5.32 Å². The van der Waals surface area contributed by atoms with E-state index < -0.39 is 0 Å². The van der Waals surface area contributed by atoms with E-state index in [0.717, 1.165) is 0 Å². The summed E-state index contributed by atoms with van der Waals surface area (Å²) in [6.07, 6.45) is 5.20. The lowest BCUT2D eigenvalue weighted by atomic mass is 10.3. The molecule has 0 aliphatic carbocycles. The minimum atomic E-state index is -0.334. The summed E-state index contributed by atoms with van der Waals surface area (Å²) < 4.78 is 3.31. The maximum Gasteiger partial charge on any atom is 0.276 e. The molecule has 0 aliphatic rings. The lowest BCUT2D eigenvalue weighted by Crippen LogP contribution is -2.14. The van der Waals surface area contributed by atoms with Crippen LogP contribution in [0.5, 0.6) is 5.75 Å². The van der Waals surface area contributed by atoms with Gasteiger partial charge in [-0.05, 0) is 24.3 Å². The van der Waals surface area contributed by atoms with Crippen molar-refractivity contribution in [3.05, 3.63) is 60.7 Å². The van der Waals surface area contributed by atoms with Crippen LogP contribution in [0.15, 0.2) is 55.0 Å². The van der Waals surface area contributed by atoms with Crippen molar-refractivity contribution in [1.29, 1.82) is 0 Å². The molecule has 1 aromatic carbocycles. The first-order valence-electron chi connectivity index (χ1n) is 6.32. The Morgan fingerprint density at radius 2 is 2.10 bits per heavy atom. The molecule has 0 saturated heterocycles. The average molecular weight is 283 g/mol. The molecule has 7 nitrogen and oxygen atoms in total. The van der Waals surface area contributed by atoms with Crippen molar-refractivity contribution in [3.8, 4) is 5.75 Å². The predicted molar refractivity (Wildman–Crippen MR) is 75.9 cm³/mol. The summed E-state index contributed by atoms with van der Waals surface area (Å²) in [5, 5.41) is 20.3. The topological polar surface area (TPSA) is 85.0 Å². The van der Waals surface area contributed by atoms with Crippen LogP contribution in [-0.4, -0.2) is 30.6 Å². The van der Waals surface area contributed by atoms with Crippen LogP contribution in [-0.2, 0) is 6.67 Å². The number of aromatic hydroxyl groups is 1. The van der Waals surface area contributed by atoms with Crippen LogP contribution in [0.2, 0.25) is 0 Å². The Labute approximate surface area is 120 Å². The first-order chi connectivity index (χ1) is 10.2. The number of rotatable bonds is 4. The molecule has 0 radical (unpaired) electrons. The molecule has 0 saturated carbocycles. The van der Waals surface area contributed by atoms with Gasteiger partial charge in [0, 0.05) is 30.3 Å². The summed E-state index contributed by atoms with van der Waals surface area (Å²) in [7, 11) is 0. The van der Waals surface area contributed by atoms with Crippen molar-refractivity contribution in [2.24, 2.45) is 0 Å². The van der Waals surface area contributed by atoms with E-state index in [1.807, 2.05) is 12.3 Å². The van der Waals surface area contributed by atoms with Gasteiger partial charge in [0.2, 0.25) is 0 Å². The standard InChI is InChI=1S/C14H13N5O2/c20-12-4-1-3-11(9-12)16-14(21)13-5-8-19(17-13)10-18-7-2-6-15-18/h1-9,20H,10H2,(H,16,21). The maximum atomic E-state index is 12.1. The highest BCUT2D eigenvalue weighted by molar-refractivity contribution is 6.02. The van der Waals surface area contributed by atoms with Crippen molar-refractivity contribution < 1.29 is 9.90 Å². The second-order valence-electron chi connectivity index (χ2n) is 4.43. The highest BCUT2D eigenvalue weighted by Gasteiger charge is 2.10. The molecule has 21 heavy (non-hydrogen) atoms. The van der Waals surface area contributed by atoms with Gasteiger partial charge in [0.15, 0.2) is 5.69 Å². The zero-order chi connectivity index (χ0) is 14.7. The maximum absolute atomic E-state index is 12.1. The lowest BCUT2D eigenvalue weighted by Gasteiger charge is -2.04. The highest BCUT2D eigenvalue weighted by atomic mass is 16.3. The molecule has 1 amide bonds. The molecule has 2 aromatic heterocycles. The van der Waals surface area contributed by atoms with Crippen LogP contribution >= 0.6 is 0 Å². The number of nitrogens with one attached hydrogen (secondary N) is 1. The van der Waals surface area contributed by atoms with Crippen molar-refractivity contribution >= 4 is 11.6 Å². The summed E-state index contributed by atoms with van der Waals surface area (Å²) in [4.78, 5) is 12.1. The molecule has 0 bridgehead atoms. The van der Waals surface area contributed by atoms with Crippen LogP contribution in [0.25, 0.3) is 0 Å². The van der Waals surface area contributed by atoms with Crippen LogP contribution in [0.3, 0.4) is 0 Å². The monoisotopic (exact) mass is 283 g/mol. The minimum absolute atomic E-state index is 0.0945. The number of benzene rings is 1. The number of nitrogens with zero attached hydrogens (tertiary/aromatic N) is 4. The molecule has 0 aliphatic heterocycles. The van der Waals surface area contributed by atoms with Crippen LogP contribution in [0, 0.1) is 0 Å². The van der Waals surface area contributed by atoms with Gasteiger partial charge in [-0.2, -0.15) is 10.2 Å². The van der Waals surface area contributed by atoms with Gasteiger partial charge in [0.1, 0.15) is 12.4 Å². The molecular weight excluding hydrogens is 270 g/mol. The Kier molecular flexibility index (Phi) is 3.38. The van der Waals surface area contributed by atoms with Gasteiger partial charge in [0.25, 0.3) is 5.91 Å².